The second kappa shape index (κ2) is 6.81. The minimum absolute atomic E-state index is 0.0149. The number of hydrogen-bond donors (Lipinski definition) is 2. The van der Waals surface area contributed by atoms with E-state index in [2.05, 4.69) is 4.72 Å². The normalized spacial score (nSPS) is 20.7. The molecule has 1 fully saturated rings. The number of nitrogens with two attached hydrogens (primary N) is 1. The van der Waals surface area contributed by atoms with Crippen LogP contribution in [0.3, 0.4) is 0 Å². The van der Waals surface area contributed by atoms with E-state index in [1.54, 1.807) is 6.92 Å². The number of hydrogen-bond acceptors (Lipinski definition) is 4. The minimum Gasteiger partial charge on any atom is -0.377 e. The van der Waals surface area contributed by atoms with E-state index in [0.717, 1.165) is 12.8 Å². The van der Waals surface area contributed by atoms with Gasteiger partial charge < -0.3 is 10.5 Å². The molecule has 0 saturated carbocycles. The summed E-state index contributed by atoms with van der Waals surface area (Å²) >= 11 is 12.0. The predicted octanol–water partition coefficient (Wildman–Crippen LogP) is 2.30. The van der Waals surface area contributed by atoms with Crippen LogP contribution in [0.15, 0.2) is 17.0 Å². The molecule has 1 saturated heterocycles. The molecule has 0 spiro atoms. The van der Waals surface area contributed by atoms with Crippen molar-refractivity contribution in [3.63, 3.8) is 0 Å². The van der Waals surface area contributed by atoms with Crippen LogP contribution in [0.1, 0.15) is 25.3 Å². The lowest BCUT2D eigenvalue weighted by atomic mass is 10.1. The van der Waals surface area contributed by atoms with E-state index in [9.17, 15) is 8.42 Å². The number of benzene rings is 1. The van der Waals surface area contributed by atoms with Gasteiger partial charge >= 0.3 is 0 Å². The molecule has 0 bridgehead atoms. The largest absolute Gasteiger partial charge is 0.377 e. The van der Waals surface area contributed by atoms with Gasteiger partial charge in [-0.1, -0.05) is 23.2 Å². The van der Waals surface area contributed by atoms with Crippen molar-refractivity contribution >= 4 is 33.2 Å². The number of nitrogens with one attached hydrogen (secondary N) is 1. The fourth-order valence-corrected chi connectivity index (χ4v) is 4.46. The molecule has 118 valence electrons. The first kappa shape index (κ1) is 17.0. The van der Waals surface area contributed by atoms with Crippen molar-refractivity contribution in [2.45, 2.75) is 43.4 Å². The van der Waals surface area contributed by atoms with Gasteiger partial charge in [0.15, 0.2) is 0 Å². The van der Waals surface area contributed by atoms with Crippen molar-refractivity contribution in [3.8, 4) is 0 Å². The van der Waals surface area contributed by atoms with Crippen LogP contribution < -0.4 is 10.5 Å². The molecule has 2 unspecified atom stereocenters. The lowest BCUT2D eigenvalue weighted by Gasteiger charge is -2.20. The molecule has 5 nitrogen and oxygen atoms in total. The Morgan fingerprint density at radius 1 is 1.43 bits per heavy atom. The third kappa shape index (κ3) is 3.88. The lowest BCUT2D eigenvalue weighted by Crippen LogP contribution is -2.40. The van der Waals surface area contributed by atoms with Crippen LogP contribution in [-0.2, 0) is 21.3 Å². The SMILES string of the molecule is CC(NS(=O)(=O)c1cc(CN)c(Cl)cc1Cl)C1CCCO1. The molecule has 3 N–H and O–H groups in total. The highest BCUT2D eigenvalue weighted by atomic mass is 35.5. The van der Waals surface area contributed by atoms with E-state index in [-0.39, 0.29) is 28.6 Å². The van der Waals surface area contributed by atoms with Crippen LogP contribution in [0.4, 0.5) is 0 Å². The van der Waals surface area contributed by atoms with E-state index in [0.29, 0.717) is 17.2 Å². The second-order valence-electron chi connectivity index (χ2n) is 5.04. The van der Waals surface area contributed by atoms with Crippen LogP contribution in [0, 0.1) is 0 Å². The Hall–Kier alpha value is -0.370. The summed E-state index contributed by atoms with van der Waals surface area (Å²) < 4.78 is 33.0. The number of ether oxygens (including phenoxy) is 1. The maximum atomic E-state index is 12.5. The van der Waals surface area contributed by atoms with Crippen molar-refractivity contribution < 1.29 is 13.2 Å². The van der Waals surface area contributed by atoms with Crippen LogP contribution in [-0.4, -0.2) is 27.2 Å². The maximum Gasteiger partial charge on any atom is 0.242 e. The number of rotatable bonds is 5. The van der Waals surface area contributed by atoms with Crippen LogP contribution in [0.2, 0.25) is 10.0 Å². The summed E-state index contributed by atoms with van der Waals surface area (Å²) in [5.41, 5.74) is 6.08. The Balaban J connectivity index is 2.26. The molecule has 0 amide bonds. The first-order chi connectivity index (χ1) is 9.85. The summed E-state index contributed by atoms with van der Waals surface area (Å²) in [4.78, 5) is -0.0149. The highest BCUT2D eigenvalue weighted by molar-refractivity contribution is 7.89. The molecule has 1 aromatic rings. The van der Waals surface area contributed by atoms with Gasteiger partial charge in [-0.25, -0.2) is 13.1 Å². The zero-order chi connectivity index (χ0) is 15.6. The molecule has 1 heterocycles. The second-order valence-corrected chi connectivity index (χ2v) is 7.54. The Labute approximate surface area is 134 Å². The van der Waals surface area contributed by atoms with Gasteiger partial charge in [0, 0.05) is 24.2 Å². The summed E-state index contributed by atoms with van der Waals surface area (Å²) in [5, 5.41) is 0.429. The van der Waals surface area contributed by atoms with Crippen LogP contribution in [0.25, 0.3) is 0 Å². The minimum atomic E-state index is -3.75. The van der Waals surface area contributed by atoms with Crippen molar-refractivity contribution in [1.29, 1.82) is 0 Å². The Bertz CT molecular complexity index is 616. The van der Waals surface area contributed by atoms with Crippen molar-refractivity contribution in [2.24, 2.45) is 5.73 Å². The molecule has 1 aliphatic heterocycles. The van der Waals surface area contributed by atoms with Crippen molar-refractivity contribution in [1.82, 2.24) is 4.72 Å². The Morgan fingerprint density at radius 3 is 2.71 bits per heavy atom. The van der Waals surface area contributed by atoms with E-state index in [4.69, 9.17) is 33.7 Å². The van der Waals surface area contributed by atoms with E-state index < -0.39 is 10.0 Å². The zero-order valence-electron chi connectivity index (χ0n) is 11.6. The third-order valence-corrected chi connectivity index (χ3v) is 5.85. The highest BCUT2D eigenvalue weighted by Gasteiger charge is 2.28. The van der Waals surface area contributed by atoms with Gasteiger partial charge in [0.05, 0.1) is 11.1 Å². The molecule has 8 heteroatoms. The van der Waals surface area contributed by atoms with Crippen molar-refractivity contribution in [3.05, 3.63) is 27.7 Å². The molecule has 1 aromatic carbocycles. The fraction of sp³-hybridized carbons (Fsp3) is 0.538. The smallest absolute Gasteiger partial charge is 0.242 e. The highest BCUT2D eigenvalue weighted by Crippen LogP contribution is 2.29. The Morgan fingerprint density at radius 2 is 2.14 bits per heavy atom. The molecule has 2 rings (SSSR count). The molecule has 1 aliphatic rings. The van der Waals surface area contributed by atoms with Gasteiger partial charge in [-0.2, -0.15) is 0 Å². The molecular formula is C13H18Cl2N2O3S. The first-order valence-corrected chi connectivity index (χ1v) is 8.91. The standard InChI is InChI=1S/C13H18Cl2N2O3S/c1-8(12-3-2-4-20-12)17-21(18,19)13-5-9(7-16)10(14)6-11(13)15/h5-6,8,12,17H,2-4,7,16H2,1H3. The van der Waals surface area contributed by atoms with Crippen LogP contribution in [0.5, 0.6) is 0 Å². The molecular weight excluding hydrogens is 335 g/mol. The van der Waals surface area contributed by atoms with Gasteiger partial charge in [-0.05, 0) is 37.5 Å². The van der Waals surface area contributed by atoms with Crippen molar-refractivity contribution in [2.75, 3.05) is 6.61 Å². The average Bonchev–Trinajstić information content (AvgIpc) is 2.91. The van der Waals surface area contributed by atoms with E-state index in [1.165, 1.54) is 12.1 Å². The summed E-state index contributed by atoms with van der Waals surface area (Å²) in [5.74, 6) is 0. The summed E-state index contributed by atoms with van der Waals surface area (Å²) in [6, 6.07) is 2.48. The molecule has 21 heavy (non-hydrogen) atoms. The molecule has 0 aromatic heterocycles. The number of halogens is 2. The van der Waals surface area contributed by atoms with E-state index >= 15 is 0 Å². The summed E-state index contributed by atoms with van der Waals surface area (Å²) in [6.45, 7) is 2.58. The van der Waals surface area contributed by atoms with Crippen LogP contribution >= 0.6 is 23.2 Å². The quantitative estimate of drug-likeness (QED) is 0.851. The average molecular weight is 353 g/mol. The summed E-state index contributed by atoms with van der Waals surface area (Å²) in [7, 11) is -3.75. The summed E-state index contributed by atoms with van der Waals surface area (Å²) in [6.07, 6.45) is 1.67. The van der Waals surface area contributed by atoms with Gasteiger partial charge in [0.25, 0.3) is 0 Å². The lowest BCUT2D eigenvalue weighted by molar-refractivity contribution is 0.0902. The Kier molecular flexibility index (Phi) is 5.51. The molecule has 2 atom stereocenters. The molecule has 0 radical (unpaired) electrons. The third-order valence-electron chi connectivity index (χ3n) is 3.47. The number of sulfonamides is 1. The zero-order valence-corrected chi connectivity index (χ0v) is 13.9. The van der Waals surface area contributed by atoms with E-state index in [1.807, 2.05) is 0 Å². The van der Waals surface area contributed by atoms with Gasteiger partial charge in [0.2, 0.25) is 10.0 Å². The fourth-order valence-electron chi connectivity index (χ4n) is 2.31. The maximum absolute atomic E-state index is 12.5. The molecule has 0 aliphatic carbocycles. The predicted molar refractivity (Wildman–Crippen MR) is 83.1 cm³/mol. The topological polar surface area (TPSA) is 81.4 Å². The monoisotopic (exact) mass is 352 g/mol. The van der Waals surface area contributed by atoms with Gasteiger partial charge in [0.1, 0.15) is 4.90 Å². The first-order valence-electron chi connectivity index (χ1n) is 6.67. The van der Waals surface area contributed by atoms with Gasteiger partial charge in [-0.3, -0.25) is 0 Å². The van der Waals surface area contributed by atoms with Gasteiger partial charge in [-0.15, -0.1) is 0 Å².